The van der Waals surface area contributed by atoms with Gasteiger partial charge in [0.2, 0.25) is 0 Å². The fourth-order valence-electron chi connectivity index (χ4n) is 2.32. The number of fused-ring (bicyclic) bond motifs is 1. The van der Waals surface area contributed by atoms with Gasteiger partial charge in [-0.2, -0.15) is 0 Å². The van der Waals surface area contributed by atoms with E-state index in [0.717, 1.165) is 24.3 Å². The van der Waals surface area contributed by atoms with E-state index in [4.69, 9.17) is 4.74 Å². The molecule has 21 heavy (non-hydrogen) atoms. The second-order valence-electron chi connectivity index (χ2n) is 4.91. The molecule has 4 nitrogen and oxygen atoms in total. The Labute approximate surface area is 126 Å². The van der Waals surface area contributed by atoms with Crippen LogP contribution in [-0.2, 0) is 11.3 Å². The van der Waals surface area contributed by atoms with Crippen LogP contribution >= 0.6 is 11.3 Å². The van der Waals surface area contributed by atoms with Crippen LogP contribution in [0, 0.1) is 5.82 Å². The summed E-state index contributed by atoms with van der Waals surface area (Å²) >= 11 is 1.13. The standard InChI is InChI=1S/C15H18FNO3S/c1-17(7-4-8-20-2)9-10-13-11(16)5-3-6-12(13)21-14(10)15(18)19/h3,5-6H,4,7-9H2,1-2H3,(H,18,19). The molecule has 0 saturated heterocycles. The number of carboxylic acids is 1. The Balaban J connectivity index is 2.32. The molecule has 1 N–H and O–H groups in total. The normalized spacial score (nSPS) is 11.4. The fraction of sp³-hybridized carbons (Fsp3) is 0.400. The number of rotatable bonds is 7. The lowest BCUT2D eigenvalue weighted by molar-refractivity contribution is 0.0700. The molecule has 1 aromatic carbocycles. The van der Waals surface area contributed by atoms with Gasteiger partial charge in [-0.05, 0) is 25.6 Å². The number of hydrogen-bond acceptors (Lipinski definition) is 4. The van der Waals surface area contributed by atoms with Gasteiger partial charge >= 0.3 is 5.97 Å². The van der Waals surface area contributed by atoms with Gasteiger partial charge in [0.15, 0.2) is 0 Å². The molecule has 2 rings (SSSR count). The summed E-state index contributed by atoms with van der Waals surface area (Å²) in [4.78, 5) is 13.6. The van der Waals surface area contributed by atoms with E-state index < -0.39 is 5.97 Å². The van der Waals surface area contributed by atoms with Crippen molar-refractivity contribution in [3.63, 3.8) is 0 Å². The van der Waals surface area contributed by atoms with Gasteiger partial charge in [0.05, 0.1) is 0 Å². The van der Waals surface area contributed by atoms with Gasteiger partial charge in [0.1, 0.15) is 10.7 Å². The highest BCUT2D eigenvalue weighted by Crippen LogP contribution is 2.34. The first-order valence-corrected chi connectivity index (χ1v) is 7.47. The Morgan fingerprint density at radius 2 is 2.24 bits per heavy atom. The van der Waals surface area contributed by atoms with Crippen LogP contribution in [0.3, 0.4) is 0 Å². The molecule has 0 bridgehead atoms. The quantitative estimate of drug-likeness (QED) is 0.798. The van der Waals surface area contributed by atoms with E-state index in [1.807, 2.05) is 11.9 Å². The highest BCUT2D eigenvalue weighted by Gasteiger charge is 2.21. The van der Waals surface area contributed by atoms with Gasteiger partial charge in [-0.15, -0.1) is 11.3 Å². The number of ether oxygens (including phenoxy) is 1. The number of benzene rings is 1. The van der Waals surface area contributed by atoms with Crippen molar-refractivity contribution in [1.29, 1.82) is 0 Å². The summed E-state index contributed by atoms with van der Waals surface area (Å²) in [6.07, 6.45) is 0.847. The zero-order valence-electron chi connectivity index (χ0n) is 12.1. The van der Waals surface area contributed by atoms with Crippen molar-refractivity contribution in [1.82, 2.24) is 4.90 Å². The minimum atomic E-state index is -1.00. The van der Waals surface area contributed by atoms with E-state index in [1.165, 1.54) is 6.07 Å². The molecule has 0 radical (unpaired) electrons. The SMILES string of the molecule is COCCCN(C)Cc1c(C(=O)O)sc2cccc(F)c12. The van der Waals surface area contributed by atoms with Crippen molar-refractivity contribution in [3.05, 3.63) is 34.5 Å². The maximum absolute atomic E-state index is 14.1. The van der Waals surface area contributed by atoms with Gasteiger partial charge < -0.3 is 14.7 Å². The fourth-order valence-corrected chi connectivity index (χ4v) is 3.39. The Morgan fingerprint density at radius 3 is 2.90 bits per heavy atom. The number of halogens is 1. The van der Waals surface area contributed by atoms with Crippen LogP contribution in [-0.4, -0.2) is 43.3 Å². The minimum Gasteiger partial charge on any atom is -0.477 e. The Bertz CT molecular complexity index is 641. The first-order chi connectivity index (χ1) is 10.0. The Kier molecular flexibility index (Phi) is 5.27. The van der Waals surface area contributed by atoms with Crippen LogP contribution in [0.25, 0.3) is 10.1 Å². The highest BCUT2D eigenvalue weighted by molar-refractivity contribution is 7.21. The van der Waals surface area contributed by atoms with Crippen molar-refractivity contribution in [3.8, 4) is 0 Å². The Hall–Kier alpha value is -1.50. The van der Waals surface area contributed by atoms with Crippen LogP contribution in [0.4, 0.5) is 4.39 Å². The van der Waals surface area contributed by atoms with E-state index >= 15 is 0 Å². The van der Waals surface area contributed by atoms with Crippen LogP contribution in [0.5, 0.6) is 0 Å². The molecule has 0 aliphatic carbocycles. The molecule has 0 unspecified atom stereocenters. The monoisotopic (exact) mass is 311 g/mol. The summed E-state index contributed by atoms with van der Waals surface area (Å²) < 4.78 is 19.7. The minimum absolute atomic E-state index is 0.216. The molecule has 2 aromatic rings. The lowest BCUT2D eigenvalue weighted by Crippen LogP contribution is -2.21. The molecule has 1 aromatic heterocycles. The molecule has 0 fully saturated rings. The van der Waals surface area contributed by atoms with Crippen LogP contribution in [0.2, 0.25) is 0 Å². The largest absolute Gasteiger partial charge is 0.477 e. The zero-order valence-corrected chi connectivity index (χ0v) is 12.9. The van der Waals surface area contributed by atoms with Crippen molar-refractivity contribution < 1.29 is 19.0 Å². The molecule has 0 amide bonds. The predicted octanol–water partition coefficient (Wildman–Crippen LogP) is 3.21. The second-order valence-corrected chi connectivity index (χ2v) is 5.96. The summed E-state index contributed by atoms with van der Waals surface area (Å²) in [6.45, 7) is 1.82. The van der Waals surface area contributed by atoms with Gasteiger partial charge in [-0.25, -0.2) is 9.18 Å². The molecule has 0 spiro atoms. The van der Waals surface area contributed by atoms with Gasteiger partial charge in [-0.3, -0.25) is 0 Å². The maximum atomic E-state index is 14.1. The van der Waals surface area contributed by atoms with Crippen molar-refractivity contribution in [2.45, 2.75) is 13.0 Å². The number of hydrogen-bond donors (Lipinski definition) is 1. The summed E-state index contributed by atoms with van der Waals surface area (Å²) in [5.41, 5.74) is 0.556. The van der Waals surface area contributed by atoms with E-state index in [2.05, 4.69) is 0 Å². The molecule has 0 aliphatic heterocycles. The van der Waals surface area contributed by atoms with Crippen molar-refractivity contribution >= 4 is 27.4 Å². The lowest BCUT2D eigenvalue weighted by atomic mass is 10.1. The average Bonchev–Trinajstić information content (AvgIpc) is 2.79. The molecule has 0 saturated carbocycles. The zero-order chi connectivity index (χ0) is 15.4. The van der Waals surface area contributed by atoms with Crippen molar-refractivity contribution in [2.24, 2.45) is 0 Å². The van der Waals surface area contributed by atoms with Crippen LogP contribution in [0.1, 0.15) is 21.7 Å². The van der Waals surface area contributed by atoms with E-state index in [1.54, 1.807) is 19.2 Å². The summed E-state index contributed by atoms with van der Waals surface area (Å²) in [7, 11) is 3.54. The highest BCUT2D eigenvalue weighted by atomic mass is 32.1. The lowest BCUT2D eigenvalue weighted by Gasteiger charge is -2.16. The van der Waals surface area contributed by atoms with E-state index in [9.17, 15) is 14.3 Å². The average molecular weight is 311 g/mol. The molecular formula is C15H18FNO3S. The molecule has 6 heteroatoms. The molecule has 114 valence electrons. The molecule has 0 aliphatic rings. The predicted molar refractivity (Wildman–Crippen MR) is 81.6 cm³/mol. The second kappa shape index (κ2) is 6.98. The third kappa shape index (κ3) is 3.58. The number of aromatic carboxylic acids is 1. The first-order valence-electron chi connectivity index (χ1n) is 6.65. The number of nitrogens with zero attached hydrogens (tertiary/aromatic N) is 1. The van der Waals surface area contributed by atoms with Gasteiger partial charge in [-0.1, -0.05) is 6.07 Å². The van der Waals surface area contributed by atoms with Crippen LogP contribution in [0.15, 0.2) is 18.2 Å². The molecular weight excluding hydrogens is 293 g/mol. The summed E-state index contributed by atoms with van der Waals surface area (Å²) in [5, 5.41) is 9.76. The van der Waals surface area contributed by atoms with E-state index in [0.29, 0.717) is 28.8 Å². The third-order valence-corrected chi connectivity index (χ3v) is 4.46. The number of thiophene rings is 1. The maximum Gasteiger partial charge on any atom is 0.346 e. The van der Waals surface area contributed by atoms with Gasteiger partial charge in [0.25, 0.3) is 0 Å². The molecule has 0 atom stereocenters. The third-order valence-electron chi connectivity index (χ3n) is 3.27. The summed E-state index contributed by atoms with van der Waals surface area (Å²) in [5.74, 6) is -1.37. The first kappa shape index (κ1) is 15.9. The van der Waals surface area contributed by atoms with E-state index in [-0.39, 0.29) is 10.7 Å². The Morgan fingerprint density at radius 1 is 1.48 bits per heavy atom. The van der Waals surface area contributed by atoms with Crippen molar-refractivity contribution in [2.75, 3.05) is 27.3 Å². The van der Waals surface area contributed by atoms with Gasteiger partial charge in [0, 0.05) is 42.5 Å². The summed E-state index contributed by atoms with van der Waals surface area (Å²) in [6, 6.07) is 4.73. The van der Waals surface area contributed by atoms with Crippen LogP contribution < -0.4 is 0 Å². The smallest absolute Gasteiger partial charge is 0.346 e. The number of carbonyl (C=O) groups is 1. The number of carboxylic acid groups (broad SMARTS) is 1. The molecule has 1 heterocycles. The number of methoxy groups -OCH3 is 1. The topological polar surface area (TPSA) is 49.8 Å².